The molecule has 0 aliphatic carbocycles. The molecule has 1 atom stereocenters. The van der Waals surface area contributed by atoms with Crippen LogP contribution in [0.25, 0.3) is 0 Å². The number of hydrogen-bond acceptors (Lipinski definition) is 4. The lowest BCUT2D eigenvalue weighted by Crippen LogP contribution is -2.53. The van der Waals surface area contributed by atoms with Crippen molar-refractivity contribution in [3.8, 4) is 0 Å². The molecule has 18 heavy (non-hydrogen) atoms. The summed E-state index contributed by atoms with van der Waals surface area (Å²) in [7, 11) is 0. The SMILES string of the molecule is NC(=O)C1COCCN1c1c(Cl)cccc1C=O. The molecule has 1 aromatic rings. The molecule has 2 N–H and O–H groups in total. The van der Waals surface area contributed by atoms with Crippen LogP contribution in [0.1, 0.15) is 10.4 Å². The molecule has 0 bridgehead atoms. The van der Waals surface area contributed by atoms with Gasteiger partial charge in [-0.3, -0.25) is 9.59 Å². The summed E-state index contributed by atoms with van der Waals surface area (Å²) < 4.78 is 5.23. The van der Waals surface area contributed by atoms with E-state index in [9.17, 15) is 9.59 Å². The average Bonchev–Trinajstić information content (AvgIpc) is 2.38. The predicted molar refractivity (Wildman–Crippen MR) is 68.0 cm³/mol. The monoisotopic (exact) mass is 268 g/mol. The van der Waals surface area contributed by atoms with Gasteiger partial charge in [-0.05, 0) is 12.1 Å². The lowest BCUT2D eigenvalue weighted by Gasteiger charge is -2.36. The first-order chi connectivity index (χ1) is 8.65. The second kappa shape index (κ2) is 5.37. The second-order valence-corrected chi connectivity index (χ2v) is 4.39. The number of nitrogens with two attached hydrogens (primary N) is 1. The van der Waals surface area contributed by atoms with Gasteiger partial charge < -0.3 is 15.4 Å². The average molecular weight is 269 g/mol. The molecule has 1 aromatic carbocycles. The van der Waals surface area contributed by atoms with Crippen LogP contribution in [0.15, 0.2) is 18.2 Å². The van der Waals surface area contributed by atoms with Crippen molar-refractivity contribution >= 4 is 29.5 Å². The number of halogens is 1. The van der Waals surface area contributed by atoms with E-state index in [4.69, 9.17) is 22.1 Å². The fraction of sp³-hybridized carbons (Fsp3) is 0.333. The zero-order chi connectivity index (χ0) is 13.1. The number of rotatable bonds is 3. The third-order valence-corrected chi connectivity index (χ3v) is 3.19. The highest BCUT2D eigenvalue weighted by atomic mass is 35.5. The Hall–Kier alpha value is -1.59. The van der Waals surface area contributed by atoms with E-state index >= 15 is 0 Å². The number of carbonyl (C=O) groups is 2. The van der Waals surface area contributed by atoms with Gasteiger partial charge in [-0.2, -0.15) is 0 Å². The molecule has 1 unspecified atom stereocenters. The molecule has 5 nitrogen and oxygen atoms in total. The number of benzene rings is 1. The summed E-state index contributed by atoms with van der Waals surface area (Å²) in [4.78, 5) is 24.2. The van der Waals surface area contributed by atoms with Gasteiger partial charge in [-0.15, -0.1) is 0 Å². The third kappa shape index (κ3) is 2.32. The predicted octanol–water partition coefficient (Wildman–Crippen LogP) is 0.843. The minimum Gasteiger partial charge on any atom is -0.377 e. The molecule has 6 heteroatoms. The molecule has 1 aliphatic rings. The van der Waals surface area contributed by atoms with Crippen LogP contribution in [0.4, 0.5) is 5.69 Å². The van der Waals surface area contributed by atoms with Crippen LogP contribution < -0.4 is 10.6 Å². The van der Waals surface area contributed by atoms with Gasteiger partial charge in [0, 0.05) is 12.1 Å². The number of anilines is 1. The maximum absolute atomic E-state index is 11.4. The number of para-hydroxylation sites is 1. The van der Waals surface area contributed by atoms with Crippen LogP contribution in [0, 0.1) is 0 Å². The fourth-order valence-corrected chi connectivity index (χ4v) is 2.33. The Bertz CT molecular complexity index is 478. The van der Waals surface area contributed by atoms with Crippen molar-refractivity contribution in [2.24, 2.45) is 5.73 Å². The lowest BCUT2D eigenvalue weighted by atomic mass is 10.1. The molecule has 1 amide bonds. The van der Waals surface area contributed by atoms with Gasteiger partial charge in [-0.25, -0.2) is 0 Å². The van der Waals surface area contributed by atoms with E-state index in [2.05, 4.69) is 0 Å². The zero-order valence-electron chi connectivity index (χ0n) is 9.64. The van der Waals surface area contributed by atoms with Crippen molar-refractivity contribution < 1.29 is 14.3 Å². The van der Waals surface area contributed by atoms with Crippen molar-refractivity contribution in [3.63, 3.8) is 0 Å². The van der Waals surface area contributed by atoms with Crippen molar-refractivity contribution in [2.45, 2.75) is 6.04 Å². The summed E-state index contributed by atoms with van der Waals surface area (Å²) >= 11 is 6.12. The number of aldehydes is 1. The Balaban J connectivity index is 2.45. The highest BCUT2D eigenvalue weighted by molar-refractivity contribution is 6.34. The van der Waals surface area contributed by atoms with Crippen molar-refractivity contribution in [1.82, 2.24) is 0 Å². The first-order valence-corrected chi connectivity index (χ1v) is 5.90. The maximum Gasteiger partial charge on any atom is 0.242 e. The number of ether oxygens (including phenoxy) is 1. The molecule has 0 saturated carbocycles. The molecular formula is C12H13ClN2O3. The van der Waals surface area contributed by atoms with Gasteiger partial charge in [0.25, 0.3) is 0 Å². The number of hydrogen-bond donors (Lipinski definition) is 1. The topological polar surface area (TPSA) is 72.6 Å². The molecule has 96 valence electrons. The van der Waals surface area contributed by atoms with Crippen molar-refractivity contribution in [2.75, 3.05) is 24.7 Å². The number of amides is 1. The molecule has 1 heterocycles. The van der Waals surface area contributed by atoms with E-state index in [1.807, 2.05) is 0 Å². The van der Waals surface area contributed by atoms with Gasteiger partial charge in [0.15, 0.2) is 6.29 Å². The first-order valence-electron chi connectivity index (χ1n) is 5.52. The van der Waals surface area contributed by atoms with E-state index < -0.39 is 11.9 Å². The second-order valence-electron chi connectivity index (χ2n) is 3.98. The minimum atomic E-state index is -0.600. The summed E-state index contributed by atoms with van der Waals surface area (Å²) in [5.74, 6) is -0.494. The number of carbonyl (C=O) groups excluding carboxylic acids is 2. The Morgan fingerprint density at radius 1 is 1.56 bits per heavy atom. The normalized spacial score (nSPS) is 19.6. The largest absolute Gasteiger partial charge is 0.377 e. The van der Waals surface area contributed by atoms with Crippen molar-refractivity contribution in [3.05, 3.63) is 28.8 Å². The summed E-state index contributed by atoms with van der Waals surface area (Å²) in [6, 6.07) is 4.42. The molecule has 0 aromatic heterocycles. The molecule has 1 aliphatic heterocycles. The summed E-state index contributed by atoms with van der Waals surface area (Å²) in [6.45, 7) is 1.14. The Morgan fingerprint density at radius 3 is 3.00 bits per heavy atom. The van der Waals surface area contributed by atoms with Gasteiger partial charge in [0.2, 0.25) is 5.91 Å². The summed E-state index contributed by atoms with van der Waals surface area (Å²) in [5.41, 5.74) is 6.33. The smallest absolute Gasteiger partial charge is 0.242 e. The summed E-state index contributed by atoms with van der Waals surface area (Å²) in [5, 5.41) is 0.424. The molecule has 0 spiro atoms. The molecule has 2 rings (SSSR count). The third-order valence-electron chi connectivity index (χ3n) is 2.89. The van der Waals surface area contributed by atoms with E-state index in [-0.39, 0.29) is 6.61 Å². The van der Waals surface area contributed by atoms with Crippen LogP contribution in [0.3, 0.4) is 0 Å². The van der Waals surface area contributed by atoms with Gasteiger partial charge >= 0.3 is 0 Å². The minimum absolute atomic E-state index is 0.207. The van der Waals surface area contributed by atoms with E-state index in [0.29, 0.717) is 35.7 Å². The van der Waals surface area contributed by atoms with E-state index in [1.54, 1.807) is 23.1 Å². The van der Waals surface area contributed by atoms with Gasteiger partial charge in [0.1, 0.15) is 6.04 Å². The number of nitrogens with zero attached hydrogens (tertiary/aromatic N) is 1. The Morgan fingerprint density at radius 2 is 2.33 bits per heavy atom. The molecular weight excluding hydrogens is 256 g/mol. The van der Waals surface area contributed by atoms with Crippen LogP contribution in [0.5, 0.6) is 0 Å². The molecule has 1 fully saturated rings. The van der Waals surface area contributed by atoms with Crippen molar-refractivity contribution in [1.29, 1.82) is 0 Å². The number of morpholine rings is 1. The standard InChI is InChI=1S/C12H13ClN2O3/c13-9-3-1-2-8(6-16)11(9)15-4-5-18-7-10(15)12(14)17/h1-3,6,10H,4-5,7H2,(H2,14,17). The summed E-state index contributed by atoms with van der Waals surface area (Å²) in [6.07, 6.45) is 0.717. The fourth-order valence-electron chi connectivity index (χ4n) is 2.04. The van der Waals surface area contributed by atoms with Gasteiger partial charge in [-0.1, -0.05) is 17.7 Å². The lowest BCUT2D eigenvalue weighted by molar-refractivity contribution is -0.121. The molecule has 0 radical (unpaired) electrons. The zero-order valence-corrected chi connectivity index (χ0v) is 10.4. The van der Waals surface area contributed by atoms with Gasteiger partial charge in [0.05, 0.1) is 23.9 Å². The Kier molecular flexibility index (Phi) is 3.84. The van der Waals surface area contributed by atoms with Crippen LogP contribution >= 0.6 is 11.6 Å². The van der Waals surface area contributed by atoms with Crippen LogP contribution in [-0.4, -0.2) is 38.0 Å². The number of primary amides is 1. The first kappa shape index (κ1) is 12.9. The molecule has 1 saturated heterocycles. The quantitative estimate of drug-likeness (QED) is 0.825. The van der Waals surface area contributed by atoms with E-state index in [0.717, 1.165) is 0 Å². The Labute approximate surface area is 109 Å². The van der Waals surface area contributed by atoms with Crippen LogP contribution in [-0.2, 0) is 9.53 Å². The highest BCUT2D eigenvalue weighted by Crippen LogP contribution is 2.31. The maximum atomic E-state index is 11.4. The highest BCUT2D eigenvalue weighted by Gasteiger charge is 2.30. The van der Waals surface area contributed by atoms with E-state index in [1.165, 1.54) is 0 Å². The van der Waals surface area contributed by atoms with Crippen LogP contribution in [0.2, 0.25) is 5.02 Å².